The molecule has 0 radical (unpaired) electrons. The Morgan fingerprint density at radius 3 is 2.88 bits per heavy atom. The van der Waals surface area contributed by atoms with Crippen molar-refractivity contribution in [1.29, 1.82) is 0 Å². The topological polar surface area (TPSA) is 74.4 Å². The highest BCUT2D eigenvalue weighted by molar-refractivity contribution is 5.92. The van der Waals surface area contributed by atoms with Gasteiger partial charge in [0.25, 0.3) is 0 Å². The highest BCUT2D eigenvalue weighted by atomic mass is 16.5. The predicted molar refractivity (Wildman–Crippen MR) is 58.3 cm³/mol. The highest BCUT2D eigenvalue weighted by Crippen LogP contribution is 2.28. The van der Waals surface area contributed by atoms with E-state index in [9.17, 15) is 4.79 Å². The average molecular weight is 222 g/mol. The van der Waals surface area contributed by atoms with Gasteiger partial charge in [0.15, 0.2) is 0 Å². The highest BCUT2D eigenvalue weighted by Gasteiger charge is 2.22. The van der Waals surface area contributed by atoms with Crippen molar-refractivity contribution in [2.45, 2.75) is 25.4 Å². The first-order valence-corrected chi connectivity index (χ1v) is 5.21. The summed E-state index contributed by atoms with van der Waals surface area (Å²) in [7, 11) is 1.33. The first kappa shape index (κ1) is 10.7. The van der Waals surface area contributed by atoms with Crippen LogP contribution >= 0.6 is 0 Å². The maximum Gasteiger partial charge on any atom is 0.343 e. The van der Waals surface area contributed by atoms with Crippen LogP contribution in [-0.2, 0) is 4.74 Å². The van der Waals surface area contributed by atoms with Crippen molar-refractivity contribution < 1.29 is 14.3 Å². The molecule has 5 heteroatoms. The lowest BCUT2D eigenvalue weighted by Crippen LogP contribution is -2.25. The van der Waals surface area contributed by atoms with E-state index in [1.165, 1.54) is 19.7 Å². The number of anilines is 1. The normalized spacial score (nSPS) is 15.3. The van der Waals surface area contributed by atoms with Gasteiger partial charge in [-0.2, -0.15) is 0 Å². The number of pyridine rings is 1. The van der Waals surface area contributed by atoms with Gasteiger partial charge >= 0.3 is 5.97 Å². The van der Waals surface area contributed by atoms with E-state index in [4.69, 9.17) is 10.5 Å². The summed E-state index contributed by atoms with van der Waals surface area (Å²) in [5.74, 6) is 0.341. The van der Waals surface area contributed by atoms with Crippen molar-refractivity contribution in [3.8, 4) is 5.75 Å². The van der Waals surface area contributed by atoms with Crippen molar-refractivity contribution in [3.05, 3.63) is 17.8 Å². The molecule has 0 saturated heterocycles. The molecule has 0 aromatic carbocycles. The largest absolute Gasteiger partial charge is 0.489 e. The number of carbonyl (C=O) groups is 1. The standard InChI is InChI=1S/C11H14N2O3/c1-15-11(14)8-6-13-10(12)5-9(8)16-7-3-2-4-7/h5-7H,2-4H2,1H3,(H2,12,13). The summed E-state index contributed by atoms with van der Waals surface area (Å²) < 4.78 is 10.3. The van der Waals surface area contributed by atoms with E-state index < -0.39 is 5.97 Å². The zero-order valence-electron chi connectivity index (χ0n) is 9.10. The molecule has 16 heavy (non-hydrogen) atoms. The minimum Gasteiger partial charge on any atom is -0.489 e. The van der Waals surface area contributed by atoms with Gasteiger partial charge in [-0.1, -0.05) is 0 Å². The minimum atomic E-state index is -0.457. The molecule has 0 unspecified atom stereocenters. The molecule has 1 aliphatic rings. The van der Waals surface area contributed by atoms with E-state index in [1.807, 2.05) is 0 Å². The summed E-state index contributed by atoms with van der Waals surface area (Å²) in [6.45, 7) is 0. The van der Waals surface area contributed by atoms with Crippen LogP contribution in [0.4, 0.5) is 5.82 Å². The average Bonchev–Trinajstić information content (AvgIpc) is 2.22. The fraction of sp³-hybridized carbons (Fsp3) is 0.455. The molecule has 2 N–H and O–H groups in total. The van der Waals surface area contributed by atoms with Gasteiger partial charge in [-0.05, 0) is 19.3 Å². The fourth-order valence-electron chi connectivity index (χ4n) is 1.48. The van der Waals surface area contributed by atoms with Gasteiger partial charge in [0.2, 0.25) is 0 Å². The number of hydrogen-bond acceptors (Lipinski definition) is 5. The zero-order valence-corrected chi connectivity index (χ0v) is 9.10. The first-order chi connectivity index (χ1) is 7.70. The summed E-state index contributed by atoms with van der Waals surface area (Å²) in [6.07, 6.45) is 4.77. The molecule has 1 aliphatic carbocycles. The maximum atomic E-state index is 11.5. The molecule has 0 spiro atoms. The number of aromatic nitrogens is 1. The SMILES string of the molecule is COC(=O)c1cnc(N)cc1OC1CCC1. The number of carbonyl (C=O) groups excluding carboxylic acids is 1. The van der Waals surface area contributed by atoms with Crippen LogP contribution in [0.15, 0.2) is 12.3 Å². The second-order valence-corrected chi connectivity index (χ2v) is 3.77. The first-order valence-electron chi connectivity index (χ1n) is 5.21. The molecule has 5 nitrogen and oxygen atoms in total. The predicted octanol–water partition coefficient (Wildman–Crippen LogP) is 1.38. The molecule has 0 atom stereocenters. The van der Waals surface area contributed by atoms with Crippen LogP contribution in [0.1, 0.15) is 29.6 Å². The Morgan fingerprint density at radius 1 is 1.56 bits per heavy atom. The molecule has 2 rings (SSSR count). The van der Waals surface area contributed by atoms with Crippen molar-refractivity contribution in [3.63, 3.8) is 0 Å². The second-order valence-electron chi connectivity index (χ2n) is 3.77. The molecular weight excluding hydrogens is 208 g/mol. The van der Waals surface area contributed by atoms with Crippen LogP contribution in [0.5, 0.6) is 5.75 Å². The van der Waals surface area contributed by atoms with Crippen LogP contribution in [0.2, 0.25) is 0 Å². The third-order valence-electron chi connectivity index (χ3n) is 2.64. The Morgan fingerprint density at radius 2 is 2.31 bits per heavy atom. The Balaban J connectivity index is 2.24. The van der Waals surface area contributed by atoms with E-state index in [-0.39, 0.29) is 6.10 Å². The Hall–Kier alpha value is -1.78. The van der Waals surface area contributed by atoms with Gasteiger partial charge in [0.1, 0.15) is 17.1 Å². The third-order valence-corrected chi connectivity index (χ3v) is 2.64. The number of nitrogen functional groups attached to an aromatic ring is 1. The number of rotatable bonds is 3. The lowest BCUT2D eigenvalue weighted by atomic mass is 9.96. The molecule has 1 aromatic heterocycles. The van der Waals surface area contributed by atoms with Gasteiger partial charge in [-0.25, -0.2) is 9.78 Å². The molecule has 1 fully saturated rings. The van der Waals surface area contributed by atoms with Gasteiger partial charge in [0.05, 0.1) is 13.2 Å². The quantitative estimate of drug-likeness (QED) is 0.782. The summed E-state index contributed by atoms with van der Waals surface area (Å²) in [5.41, 5.74) is 5.88. The number of esters is 1. The van der Waals surface area contributed by atoms with Gasteiger partial charge < -0.3 is 15.2 Å². The van der Waals surface area contributed by atoms with E-state index in [2.05, 4.69) is 9.72 Å². The van der Waals surface area contributed by atoms with Crippen LogP contribution in [-0.4, -0.2) is 24.2 Å². The Kier molecular flexibility index (Phi) is 2.94. The van der Waals surface area contributed by atoms with Crippen molar-refractivity contribution in [2.24, 2.45) is 0 Å². The van der Waals surface area contributed by atoms with Crippen LogP contribution in [0.25, 0.3) is 0 Å². The molecule has 0 bridgehead atoms. The molecule has 86 valence electrons. The molecule has 1 heterocycles. The van der Waals surface area contributed by atoms with E-state index in [0.717, 1.165) is 12.8 Å². The Bertz CT molecular complexity index is 402. The number of nitrogens with two attached hydrogens (primary N) is 1. The summed E-state index contributed by atoms with van der Waals surface area (Å²) in [5, 5.41) is 0. The molecule has 1 aromatic rings. The van der Waals surface area contributed by atoms with Gasteiger partial charge in [-0.15, -0.1) is 0 Å². The second kappa shape index (κ2) is 4.38. The maximum absolute atomic E-state index is 11.5. The van der Waals surface area contributed by atoms with Gasteiger partial charge in [-0.3, -0.25) is 0 Å². The van der Waals surface area contributed by atoms with Gasteiger partial charge in [0, 0.05) is 12.3 Å². The summed E-state index contributed by atoms with van der Waals surface area (Å²) >= 11 is 0. The van der Waals surface area contributed by atoms with E-state index >= 15 is 0 Å². The molecular formula is C11H14N2O3. The molecule has 0 amide bonds. The third kappa shape index (κ3) is 2.08. The molecule has 1 saturated carbocycles. The van der Waals surface area contributed by atoms with Crippen molar-refractivity contribution in [2.75, 3.05) is 12.8 Å². The summed E-state index contributed by atoms with van der Waals surface area (Å²) in [6, 6.07) is 1.56. The lowest BCUT2D eigenvalue weighted by Gasteiger charge is -2.27. The lowest BCUT2D eigenvalue weighted by molar-refractivity contribution is 0.0585. The van der Waals surface area contributed by atoms with E-state index in [1.54, 1.807) is 6.07 Å². The zero-order chi connectivity index (χ0) is 11.5. The Labute approximate surface area is 93.6 Å². The minimum absolute atomic E-state index is 0.185. The van der Waals surface area contributed by atoms with Crippen LogP contribution < -0.4 is 10.5 Å². The van der Waals surface area contributed by atoms with Crippen LogP contribution in [0, 0.1) is 0 Å². The summed E-state index contributed by atoms with van der Waals surface area (Å²) in [4.78, 5) is 15.3. The van der Waals surface area contributed by atoms with Crippen LogP contribution in [0.3, 0.4) is 0 Å². The van der Waals surface area contributed by atoms with E-state index in [0.29, 0.717) is 17.1 Å². The molecule has 0 aliphatic heterocycles. The number of methoxy groups -OCH3 is 1. The fourth-order valence-corrected chi connectivity index (χ4v) is 1.48. The monoisotopic (exact) mass is 222 g/mol. The van der Waals surface area contributed by atoms with Crippen molar-refractivity contribution in [1.82, 2.24) is 4.98 Å². The number of nitrogens with zero attached hydrogens (tertiary/aromatic N) is 1. The van der Waals surface area contributed by atoms with Crippen molar-refractivity contribution >= 4 is 11.8 Å². The number of hydrogen-bond donors (Lipinski definition) is 1. The number of ether oxygens (including phenoxy) is 2. The smallest absolute Gasteiger partial charge is 0.343 e.